The van der Waals surface area contributed by atoms with Gasteiger partial charge in [-0.3, -0.25) is 4.98 Å². The quantitative estimate of drug-likeness (QED) is 0.837. The van der Waals surface area contributed by atoms with Gasteiger partial charge in [0.05, 0.1) is 6.61 Å². The molecule has 2 aromatic rings. The molecule has 1 aromatic heterocycles. The number of pyridine rings is 1. The van der Waals surface area contributed by atoms with E-state index < -0.39 is 0 Å². The minimum Gasteiger partial charge on any atom is -0.394 e. The van der Waals surface area contributed by atoms with Crippen molar-refractivity contribution >= 4 is 10.8 Å². The van der Waals surface area contributed by atoms with Gasteiger partial charge >= 0.3 is 0 Å². The van der Waals surface area contributed by atoms with Gasteiger partial charge in [-0.1, -0.05) is 26.0 Å². The second kappa shape index (κ2) is 6.13. The number of hydrogen-bond donors (Lipinski definition) is 2. The molecule has 0 aliphatic rings. The average molecular weight is 258 g/mol. The molecule has 19 heavy (non-hydrogen) atoms. The molecule has 0 radical (unpaired) electrons. The Morgan fingerprint density at radius 2 is 1.95 bits per heavy atom. The number of rotatable bonds is 6. The van der Waals surface area contributed by atoms with Gasteiger partial charge in [0.15, 0.2) is 0 Å². The number of aromatic nitrogens is 1. The first-order valence-corrected chi connectivity index (χ1v) is 6.91. The molecular weight excluding hydrogens is 236 g/mol. The maximum absolute atomic E-state index is 9.56. The maximum atomic E-state index is 9.56. The SMILES string of the molecule is CCC(CC)(CO)NCc1ccc2cnccc2c1. The van der Waals surface area contributed by atoms with Crippen molar-refractivity contribution in [3.8, 4) is 0 Å². The third kappa shape index (κ3) is 3.11. The summed E-state index contributed by atoms with van der Waals surface area (Å²) >= 11 is 0. The Balaban J connectivity index is 2.13. The van der Waals surface area contributed by atoms with Crippen molar-refractivity contribution in [2.75, 3.05) is 6.61 Å². The second-order valence-corrected chi connectivity index (χ2v) is 5.06. The van der Waals surface area contributed by atoms with Crippen molar-refractivity contribution in [2.45, 2.75) is 38.8 Å². The Labute approximate surface area is 114 Å². The van der Waals surface area contributed by atoms with E-state index in [4.69, 9.17) is 0 Å². The van der Waals surface area contributed by atoms with Crippen molar-refractivity contribution in [3.63, 3.8) is 0 Å². The Bertz CT molecular complexity index is 527. The van der Waals surface area contributed by atoms with Crippen LogP contribution in [0.3, 0.4) is 0 Å². The second-order valence-electron chi connectivity index (χ2n) is 5.06. The number of hydrogen-bond acceptors (Lipinski definition) is 3. The zero-order valence-corrected chi connectivity index (χ0v) is 11.7. The molecule has 3 heteroatoms. The lowest BCUT2D eigenvalue weighted by Crippen LogP contribution is -2.47. The van der Waals surface area contributed by atoms with Crippen LogP contribution in [0.5, 0.6) is 0 Å². The van der Waals surface area contributed by atoms with Crippen LogP contribution in [0.1, 0.15) is 32.3 Å². The molecule has 0 aliphatic carbocycles. The van der Waals surface area contributed by atoms with Crippen molar-refractivity contribution in [3.05, 3.63) is 42.2 Å². The first-order valence-electron chi connectivity index (χ1n) is 6.91. The van der Waals surface area contributed by atoms with Crippen LogP contribution in [-0.4, -0.2) is 22.2 Å². The van der Waals surface area contributed by atoms with Crippen LogP contribution < -0.4 is 5.32 Å². The molecule has 0 atom stereocenters. The first kappa shape index (κ1) is 14.0. The highest BCUT2D eigenvalue weighted by Crippen LogP contribution is 2.18. The molecule has 0 saturated heterocycles. The predicted molar refractivity (Wildman–Crippen MR) is 79.0 cm³/mol. The van der Waals surface area contributed by atoms with Gasteiger partial charge in [-0.2, -0.15) is 0 Å². The van der Waals surface area contributed by atoms with Gasteiger partial charge in [0.2, 0.25) is 0 Å². The van der Waals surface area contributed by atoms with Crippen LogP contribution >= 0.6 is 0 Å². The topological polar surface area (TPSA) is 45.1 Å². The standard InChI is InChI=1S/C16H22N2O/c1-3-16(4-2,12-19)18-10-13-5-6-15-11-17-8-7-14(15)9-13/h5-9,11,18-19H,3-4,10,12H2,1-2H3. The van der Waals surface area contributed by atoms with Gasteiger partial charge in [0, 0.05) is 29.9 Å². The van der Waals surface area contributed by atoms with E-state index in [1.807, 2.05) is 18.5 Å². The summed E-state index contributed by atoms with van der Waals surface area (Å²) in [5, 5.41) is 15.4. The number of nitrogens with zero attached hydrogens (tertiary/aromatic N) is 1. The van der Waals surface area contributed by atoms with Crippen LogP contribution in [0.4, 0.5) is 0 Å². The summed E-state index contributed by atoms with van der Waals surface area (Å²) < 4.78 is 0. The summed E-state index contributed by atoms with van der Waals surface area (Å²) in [6, 6.07) is 8.41. The molecule has 0 fully saturated rings. The molecule has 0 bridgehead atoms. The smallest absolute Gasteiger partial charge is 0.0613 e. The molecule has 0 unspecified atom stereocenters. The highest BCUT2D eigenvalue weighted by Gasteiger charge is 2.23. The number of fused-ring (bicyclic) bond motifs is 1. The molecule has 2 N–H and O–H groups in total. The fraction of sp³-hybridized carbons (Fsp3) is 0.438. The lowest BCUT2D eigenvalue weighted by molar-refractivity contribution is 0.149. The van der Waals surface area contributed by atoms with Gasteiger partial charge in [0.25, 0.3) is 0 Å². The lowest BCUT2D eigenvalue weighted by Gasteiger charge is -2.31. The third-order valence-electron chi connectivity index (χ3n) is 4.03. The van der Waals surface area contributed by atoms with E-state index in [-0.39, 0.29) is 12.1 Å². The van der Waals surface area contributed by atoms with Crippen molar-refractivity contribution < 1.29 is 5.11 Å². The normalized spacial score (nSPS) is 11.9. The summed E-state index contributed by atoms with van der Waals surface area (Å²) in [4.78, 5) is 4.12. The monoisotopic (exact) mass is 258 g/mol. The Kier molecular flexibility index (Phi) is 4.51. The zero-order chi connectivity index (χ0) is 13.7. The molecule has 1 heterocycles. The summed E-state index contributed by atoms with van der Waals surface area (Å²) in [5.74, 6) is 0. The highest BCUT2D eigenvalue weighted by molar-refractivity contribution is 5.81. The van der Waals surface area contributed by atoms with E-state index in [0.717, 1.165) is 24.8 Å². The van der Waals surface area contributed by atoms with E-state index >= 15 is 0 Å². The molecule has 2 rings (SSSR count). The van der Waals surface area contributed by atoms with Crippen LogP contribution in [0, 0.1) is 0 Å². The van der Waals surface area contributed by atoms with Crippen LogP contribution in [0.2, 0.25) is 0 Å². The Morgan fingerprint density at radius 3 is 2.63 bits per heavy atom. The van der Waals surface area contributed by atoms with Gasteiger partial charge in [-0.15, -0.1) is 0 Å². The summed E-state index contributed by atoms with van der Waals surface area (Å²) in [7, 11) is 0. The largest absolute Gasteiger partial charge is 0.394 e. The Morgan fingerprint density at radius 1 is 1.16 bits per heavy atom. The Hall–Kier alpha value is -1.45. The number of nitrogens with one attached hydrogen (secondary N) is 1. The third-order valence-corrected chi connectivity index (χ3v) is 4.03. The van der Waals surface area contributed by atoms with E-state index in [1.165, 1.54) is 10.9 Å². The fourth-order valence-electron chi connectivity index (χ4n) is 2.31. The number of benzene rings is 1. The summed E-state index contributed by atoms with van der Waals surface area (Å²) in [5.41, 5.74) is 1.08. The predicted octanol–water partition coefficient (Wildman–Crippen LogP) is 2.88. The molecule has 0 aliphatic heterocycles. The van der Waals surface area contributed by atoms with Crippen LogP contribution in [0.15, 0.2) is 36.7 Å². The minimum atomic E-state index is -0.160. The van der Waals surface area contributed by atoms with Crippen LogP contribution in [-0.2, 0) is 6.54 Å². The van der Waals surface area contributed by atoms with Gasteiger partial charge in [-0.05, 0) is 35.9 Å². The molecule has 0 amide bonds. The summed E-state index contributed by atoms with van der Waals surface area (Å²) in [6.45, 7) is 5.18. The number of aliphatic hydroxyl groups is 1. The van der Waals surface area contributed by atoms with Gasteiger partial charge in [0.1, 0.15) is 0 Å². The van der Waals surface area contributed by atoms with Crippen molar-refractivity contribution in [1.29, 1.82) is 0 Å². The maximum Gasteiger partial charge on any atom is 0.0613 e. The zero-order valence-electron chi connectivity index (χ0n) is 11.7. The van der Waals surface area contributed by atoms with E-state index in [2.05, 4.69) is 42.3 Å². The van der Waals surface area contributed by atoms with E-state index in [9.17, 15) is 5.11 Å². The van der Waals surface area contributed by atoms with E-state index in [1.54, 1.807) is 0 Å². The average Bonchev–Trinajstić information content (AvgIpc) is 2.49. The molecule has 0 spiro atoms. The molecule has 3 nitrogen and oxygen atoms in total. The van der Waals surface area contributed by atoms with Gasteiger partial charge < -0.3 is 10.4 Å². The van der Waals surface area contributed by atoms with Crippen molar-refractivity contribution in [2.24, 2.45) is 0 Å². The first-order chi connectivity index (χ1) is 9.23. The fourth-order valence-corrected chi connectivity index (χ4v) is 2.31. The lowest BCUT2D eigenvalue weighted by atomic mass is 9.93. The molecule has 102 valence electrons. The molecular formula is C16H22N2O. The van der Waals surface area contributed by atoms with E-state index in [0.29, 0.717) is 0 Å². The highest BCUT2D eigenvalue weighted by atomic mass is 16.3. The van der Waals surface area contributed by atoms with Crippen molar-refractivity contribution in [1.82, 2.24) is 10.3 Å². The minimum absolute atomic E-state index is 0.160. The number of aliphatic hydroxyl groups excluding tert-OH is 1. The summed E-state index contributed by atoms with van der Waals surface area (Å²) in [6.07, 6.45) is 5.55. The van der Waals surface area contributed by atoms with Crippen LogP contribution in [0.25, 0.3) is 10.8 Å². The van der Waals surface area contributed by atoms with Gasteiger partial charge in [-0.25, -0.2) is 0 Å². The molecule has 1 aromatic carbocycles. The molecule has 0 saturated carbocycles.